The van der Waals surface area contributed by atoms with Crippen LogP contribution in [0.2, 0.25) is 0 Å². The fourth-order valence-electron chi connectivity index (χ4n) is 4.02. The Balaban J connectivity index is 1.44. The first kappa shape index (κ1) is 19.5. The van der Waals surface area contributed by atoms with Gasteiger partial charge in [0.15, 0.2) is 0 Å². The van der Waals surface area contributed by atoms with Gasteiger partial charge in [-0.25, -0.2) is 0 Å². The number of nitrogens with zero attached hydrogens (tertiary/aromatic N) is 1. The maximum absolute atomic E-state index is 3.73. The lowest BCUT2D eigenvalue weighted by Crippen LogP contribution is -2.25. The molecular weight excluding hydrogens is 352 g/mol. The summed E-state index contributed by atoms with van der Waals surface area (Å²) in [7, 11) is 0. The van der Waals surface area contributed by atoms with E-state index in [4.69, 9.17) is 0 Å². The highest BCUT2D eigenvalue weighted by molar-refractivity contribution is 5.84. The number of rotatable bonds is 8. The quantitative estimate of drug-likeness (QED) is 0.389. The third kappa shape index (κ3) is 4.96. The van der Waals surface area contributed by atoms with Gasteiger partial charge in [-0.1, -0.05) is 78.4 Å². The SMILES string of the molecule is Cc1cccc(Cn2cc(CN[C@@H](C)CCc3ccccc3)c3ccccc32)c1. The van der Waals surface area contributed by atoms with Crippen LogP contribution in [0.5, 0.6) is 0 Å². The summed E-state index contributed by atoms with van der Waals surface area (Å²) < 4.78 is 2.38. The van der Waals surface area contributed by atoms with Gasteiger partial charge in [-0.3, -0.25) is 0 Å². The minimum atomic E-state index is 0.481. The molecule has 0 saturated carbocycles. The molecule has 0 amide bonds. The van der Waals surface area contributed by atoms with Gasteiger partial charge in [0.1, 0.15) is 0 Å². The van der Waals surface area contributed by atoms with Crippen molar-refractivity contribution < 1.29 is 0 Å². The molecule has 0 fully saturated rings. The fraction of sp³-hybridized carbons (Fsp3) is 0.259. The van der Waals surface area contributed by atoms with Crippen LogP contribution >= 0.6 is 0 Å². The van der Waals surface area contributed by atoms with E-state index in [0.29, 0.717) is 6.04 Å². The van der Waals surface area contributed by atoms with Gasteiger partial charge in [0.2, 0.25) is 0 Å². The Hall–Kier alpha value is -2.84. The lowest BCUT2D eigenvalue weighted by atomic mass is 10.1. The number of nitrogens with one attached hydrogen (secondary N) is 1. The highest BCUT2D eigenvalue weighted by atomic mass is 15.0. The molecule has 148 valence electrons. The molecular formula is C27H30N2. The monoisotopic (exact) mass is 382 g/mol. The number of para-hydroxylation sites is 1. The molecule has 1 N–H and O–H groups in total. The summed E-state index contributed by atoms with van der Waals surface area (Å²) >= 11 is 0. The summed E-state index contributed by atoms with van der Waals surface area (Å²) in [4.78, 5) is 0. The van der Waals surface area contributed by atoms with Crippen LogP contribution in [-0.4, -0.2) is 10.6 Å². The van der Waals surface area contributed by atoms with E-state index in [-0.39, 0.29) is 0 Å². The Morgan fingerprint density at radius 2 is 1.62 bits per heavy atom. The number of aryl methyl sites for hydroxylation is 2. The molecule has 0 unspecified atom stereocenters. The molecule has 2 heteroatoms. The maximum atomic E-state index is 3.73. The molecule has 0 aliphatic heterocycles. The van der Waals surface area contributed by atoms with Gasteiger partial charge in [0, 0.05) is 36.2 Å². The molecule has 2 nitrogen and oxygen atoms in total. The largest absolute Gasteiger partial charge is 0.343 e. The molecule has 29 heavy (non-hydrogen) atoms. The van der Waals surface area contributed by atoms with Crippen molar-refractivity contribution >= 4 is 10.9 Å². The summed E-state index contributed by atoms with van der Waals surface area (Å²) in [6.07, 6.45) is 4.58. The Morgan fingerprint density at radius 1 is 0.862 bits per heavy atom. The average Bonchev–Trinajstić information content (AvgIpc) is 3.09. The van der Waals surface area contributed by atoms with E-state index in [2.05, 4.69) is 109 Å². The molecule has 1 aromatic heterocycles. The smallest absolute Gasteiger partial charge is 0.0486 e. The highest BCUT2D eigenvalue weighted by Crippen LogP contribution is 2.23. The summed E-state index contributed by atoms with van der Waals surface area (Å²) in [6, 6.07) is 28.8. The van der Waals surface area contributed by atoms with E-state index in [1.807, 2.05) is 0 Å². The van der Waals surface area contributed by atoms with Crippen LogP contribution < -0.4 is 5.32 Å². The average molecular weight is 383 g/mol. The Bertz CT molecular complexity index is 1060. The predicted octanol–water partition coefficient (Wildman–Crippen LogP) is 6.11. The van der Waals surface area contributed by atoms with Crippen molar-refractivity contribution in [2.75, 3.05) is 0 Å². The summed E-state index contributed by atoms with van der Waals surface area (Å²) in [5.74, 6) is 0. The van der Waals surface area contributed by atoms with E-state index < -0.39 is 0 Å². The number of hydrogen-bond donors (Lipinski definition) is 1. The molecule has 0 aliphatic carbocycles. The van der Waals surface area contributed by atoms with E-state index in [1.165, 1.54) is 33.2 Å². The van der Waals surface area contributed by atoms with Crippen LogP contribution in [0.4, 0.5) is 0 Å². The third-order valence-electron chi connectivity index (χ3n) is 5.66. The fourth-order valence-corrected chi connectivity index (χ4v) is 4.02. The molecule has 0 spiro atoms. The van der Waals surface area contributed by atoms with Gasteiger partial charge >= 0.3 is 0 Å². The van der Waals surface area contributed by atoms with Crippen molar-refractivity contribution in [2.45, 2.75) is 45.8 Å². The number of fused-ring (bicyclic) bond motifs is 1. The summed E-state index contributed by atoms with van der Waals surface area (Å²) in [5, 5.41) is 5.08. The normalized spacial score (nSPS) is 12.3. The van der Waals surface area contributed by atoms with Crippen LogP contribution in [0, 0.1) is 6.92 Å². The van der Waals surface area contributed by atoms with E-state index in [1.54, 1.807) is 0 Å². The Kier molecular flexibility index (Phi) is 6.12. The predicted molar refractivity (Wildman–Crippen MR) is 123 cm³/mol. The Morgan fingerprint density at radius 3 is 2.45 bits per heavy atom. The second kappa shape index (κ2) is 9.11. The van der Waals surface area contributed by atoms with Crippen LogP contribution in [0.15, 0.2) is 85.1 Å². The van der Waals surface area contributed by atoms with E-state index >= 15 is 0 Å². The second-order valence-electron chi connectivity index (χ2n) is 8.09. The van der Waals surface area contributed by atoms with Crippen molar-refractivity contribution in [3.05, 3.63) is 107 Å². The summed E-state index contributed by atoms with van der Waals surface area (Å²) in [6.45, 7) is 6.25. The first-order valence-corrected chi connectivity index (χ1v) is 10.6. The lowest BCUT2D eigenvalue weighted by molar-refractivity contribution is 0.514. The van der Waals surface area contributed by atoms with Gasteiger partial charge in [0.05, 0.1) is 0 Å². The zero-order valence-electron chi connectivity index (χ0n) is 17.4. The Labute approximate surface area is 174 Å². The first-order chi connectivity index (χ1) is 14.2. The van der Waals surface area contributed by atoms with Crippen molar-refractivity contribution in [2.24, 2.45) is 0 Å². The standard InChI is InChI=1S/C27H30N2/c1-21-9-8-12-24(17-21)19-29-20-25(26-13-6-7-14-27(26)29)18-28-22(2)15-16-23-10-4-3-5-11-23/h3-14,17,20,22,28H,15-16,18-19H2,1-2H3/t22-/m0/s1. The van der Waals surface area contributed by atoms with Gasteiger partial charge in [-0.15, -0.1) is 0 Å². The molecule has 0 saturated heterocycles. The number of benzene rings is 3. The molecule has 3 aromatic carbocycles. The molecule has 4 aromatic rings. The molecule has 0 radical (unpaired) electrons. The van der Waals surface area contributed by atoms with Crippen LogP contribution in [0.3, 0.4) is 0 Å². The van der Waals surface area contributed by atoms with Crippen molar-refractivity contribution in [1.29, 1.82) is 0 Å². The van der Waals surface area contributed by atoms with Crippen molar-refractivity contribution in [1.82, 2.24) is 9.88 Å². The molecule has 1 heterocycles. The molecule has 1 atom stereocenters. The van der Waals surface area contributed by atoms with E-state index in [9.17, 15) is 0 Å². The van der Waals surface area contributed by atoms with Gasteiger partial charge in [-0.05, 0) is 49.4 Å². The lowest BCUT2D eigenvalue weighted by Gasteiger charge is -2.13. The number of hydrogen-bond acceptors (Lipinski definition) is 1. The minimum Gasteiger partial charge on any atom is -0.343 e. The van der Waals surface area contributed by atoms with Crippen LogP contribution in [0.1, 0.15) is 35.6 Å². The van der Waals surface area contributed by atoms with Crippen molar-refractivity contribution in [3.8, 4) is 0 Å². The molecule has 0 aliphatic rings. The first-order valence-electron chi connectivity index (χ1n) is 10.6. The number of aromatic nitrogens is 1. The van der Waals surface area contributed by atoms with Gasteiger partial charge < -0.3 is 9.88 Å². The zero-order chi connectivity index (χ0) is 20.1. The van der Waals surface area contributed by atoms with Crippen LogP contribution in [-0.2, 0) is 19.5 Å². The van der Waals surface area contributed by atoms with Gasteiger partial charge in [0.25, 0.3) is 0 Å². The molecule has 4 rings (SSSR count). The van der Waals surface area contributed by atoms with Gasteiger partial charge in [-0.2, -0.15) is 0 Å². The zero-order valence-corrected chi connectivity index (χ0v) is 17.4. The van der Waals surface area contributed by atoms with Crippen LogP contribution in [0.25, 0.3) is 10.9 Å². The summed E-state index contributed by atoms with van der Waals surface area (Å²) in [5.41, 5.74) is 6.76. The maximum Gasteiger partial charge on any atom is 0.0486 e. The molecule has 0 bridgehead atoms. The third-order valence-corrected chi connectivity index (χ3v) is 5.66. The second-order valence-corrected chi connectivity index (χ2v) is 8.09. The highest BCUT2D eigenvalue weighted by Gasteiger charge is 2.10. The topological polar surface area (TPSA) is 17.0 Å². The minimum absolute atomic E-state index is 0.481. The van der Waals surface area contributed by atoms with Crippen molar-refractivity contribution in [3.63, 3.8) is 0 Å². The van der Waals surface area contributed by atoms with E-state index in [0.717, 1.165) is 25.9 Å².